The maximum atomic E-state index is 15.2. The van der Waals surface area contributed by atoms with Gasteiger partial charge in [-0.05, 0) is 66.6 Å². The summed E-state index contributed by atoms with van der Waals surface area (Å²) >= 11 is 0. The number of cyclic esters (lactones) is 1. The average molecular weight is 683 g/mol. The third kappa shape index (κ3) is 5.05. The smallest absolute Gasteiger partial charge is 0.458 e. The maximum Gasteiger partial charge on any atom is 0.471 e. The van der Waals surface area contributed by atoms with Crippen LogP contribution in [0.1, 0.15) is 64.8 Å². The Bertz CT molecular complexity index is 2210. The van der Waals surface area contributed by atoms with Crippen molar-refractivity contribution in [1.82, 2.24) is 14.9 Å². The molecule has 2 aliphatic heterocycles. The molecule has 0 bridgehead atoms. The van der Waals surface area contributed by atoms with Gasteiger partial charge < -0.3 is 25.0 Å². The van der Waals surface area contributed by atoms with Crippen molar-refractivity contribution < 1.29 is 46.2 Å². The van der Waals surface area contributed by atoms with Gasteiger partial charge in [0.2, 0.25) is 5.91 Å². The van der Waals surface area contributed by atoms with Crippen molar-refractivity contribution in [2.75, 3.05) is 5.32 Å². The summed E-state index contributed by atoms with van der Waals surface area (Å²) in [5, 5.41) is 16.3. The first-order valence-electron chi connectivity index (χ1n) is 15.4. The molecule has 0 spiro atoms. The fraction of sp³-hybridized carbons (Fsp3) is 0.324. The fourth-order valence-electron chi connectivity index (χ4n) is 7.09. The van der Waals surface area contributed by atoms with E-state index in [9.17, 15) is 41.8 Å². The zero-order chi connectivity index (χ0) is 35.2. The SMILES string of the molecule is CC[C@@]1(O)C(=O)OCc2c1cc1n(c2=O)Cc2c-1nc1cc(F)c(C)c3c1c2[C@@H](NC(=O)Cc1ccc(NC(=O)C(F)(F)F)cc1F)CC3. The molecule has 49 heavy (non-hydrogen) atoms. The molecule has 10 nitrogen and oxygen atoms in total. The fourth-order valence-corrected chi connectivity index (χ4v) is 7.09. The number of halogens is 5. The lowest BCUT2D eigenvalue weighted by Gasteiger charge is -2.31. The van der Waals surface area contributed by atoms with Crippen molar-refractivity contribution in [3.05, 3.63) is 91.3 Å². The molecule has 4 aromatic rings. The molecular formula is C34H27F5N4O6. The first kappa shape index (κ1) is 32.4. The Hall–Kier alpha value is -5.18. The van der Waals surface area contributed by atoms with Crippen LogP contribution in [0.4, 0.5) is 27.6 Å². The molecule has 254 valence electrons. The van der Waals surface area contributed by atoms with Gasteiger partial charge in [-0.15, -0.1) is 0 Å². The van der Waals surface area contributed by atoms with E-state index in [2.05, 4.69) is 5.32 Å². The maximum absolute atomic E-state index is 15.2. The number of fused-ring (bicyclic) bond motifs is 5. The molecule has 7 rings (SSSR count). The Kier molecular flexibility index (Phi) is 7.39. The number of anilines is 1. The van der Waals surface area contributed by atoms with Crippen LogP contribution in [0.3, 0.4) is 0 Å². The van der Waals surface area contributed by atoms with Crippen molar-refractivity contribution in [2.24, 2.45) is 0 Å². The molecule has 0 saturated carbocycles. The minimum absolute atomic E-state index is 0.0233. The van der Waals surface area contributed by atoms with Gasteiger partial charge in [0, 0.05) is 28.3 Å². The molecule has 0 unspecified atom stereocenters. The van der Waals surface area contributed by atoms with E-state index in [1.807, 2.05) is 0 Å². The molecule has 0 saturated heterocycles. The molecule has 1 aliphatic carbocycles. The van der Waals surface area contributed by atoms with Crippen LogP contribution in [-0.4, -0.2) is 38.6 Å². The summed E-state index contributed by atoms with van der Waals surface area (Å²) in [5.74, 6) is -5.26. The van der Waals surface area contributed by atoms with E-state index in [4.69, 9.17) is 9.72 Å². The van der Waals surface area contributed by atoms with Gasteiger partial charge in [-0.3, -0.25) is 14.4 Å². The van der Waals surface area contributed by atoms with Crippen LogP contribution in [0.25, 0.3) is 22.3 Å². The van der Waals surface area contributed by atoms with Crippen LogP contribution in [0.2, 0.25) is 0 Å². The second kappa shape index (κ2) is 11.2. The summed E-state index contributed by atoms with van der Waals surface area (Å²) in [6.07, 6.45) is -5.03. The zero-order valence-electron chi connectivity index (χ0n) is 26.0. The number of aryl methyl sites for hydroxylation is 1. The van der Waals surface area contributed by atoms with E-state index in [0.717, 1.165) is 12.1 Å². The lowest BCUT2D eigenvalue weighted by molar-refractivity contribution is -0.172. The Morgan fingerprint density at radius 3 is 2.55 bits per heavy atom. The molecule has 3 aliphatic rings. The van der Waals surface area contributed by atoms with E-state index < -0.39 is 64.9 Å². The van der Waals surface area contributed by atoms with Gasteiger partial charge >= 0.3 is 18.1 Å². The number of carbonyl (C=O) groups is 3. The Balaban J connectivity index is 1.28. The first-order chi connectivity index (χ1) is 23.1. The number of nitrogens with one attached hydrogen (secondary N) is 2. The van der Waals surface area contributed by atoms with Gasteiger partial charge in [0.1, 0.15) is 18.2 Å². The molecule has 2 amide bonds. The summed E-state index contributed by atoms with van der Waals surface area (Å²) in [6, 6.07) is 4.96. The quantitative estimate of drug-likeness (QED) is 0.183. The standard InChI is InChI=1S/C34H27F5N4O6/c1-3-33(48)20-10-25-29-18(12-43(25)30(45)19(20)13-49-32(33)47)28-23(7-6-17-14(2)21(35)11-24(42-29)27(17)28)41-26(44)8-15-4-5-16(9-22(15)36)40-31(46)34(37,38)39/h4-5,9-11,23,48H,3,6-8,12-13H2,1-2H3,(H,40,46)(H,41,44)/t23-,33-/m0/s1. The van der Waals surface area contributed by atoms with E-state index in [1.54, 1.807) is 19.2 Å². The summed E-state index contributed by atoms with van der Waals surface area (Å²) < 4.78 is 74.4. The average Bonchev–Trinajstić information content (AvgIpc) is 3.41. The van der Waals surface area contributed by atoms with Gasteiger partial charge in [0.15, 0.2) is 5.60 Å². The topological polar surface area (TPSA) is 140 Å². The number of carbonyl (C=O) groups excluding carboxylic acids is 3. The minimum atomic E-state index is -5.17. The Morgan fingerprint density at radius 2 is 1.86 bits per heavy atom. The summed E-state index contributed by atoms with van der Waals surface area (Å²) in [6.45, 7) is 2.92. The molecule has 3 N–H and O–H groups in total. The van der Waals surface area contributed by atoms with Crippen molar-refractivity contribution in [3.8, 4) is 11.4 Å². The summed E-state index contributed by atoms with van der Waals surface area (Å²) in [7, 11) is 0. The minimum Gasteiger partial charge on any atom is -0.458 e. The molecule has 15 heteroatoms. The van der Waals surface area contributed by atoms with Gasteiger partial charge in [-0.1, -0.05) is 13.0 Å². The lowest BCUT2D eigenvalue weighted by Crippen LogP contribution is -2.44. The normalized spacial score (nSPS) is 19.2. The number of hydrogen-bond acceptors (Lipinski definition) is 7. The number of benzene rings is 2. The highest BCUT2D eigenvalue weighted by Gasteiger charge is 2.46. The molecule has 0 radical (unpaired) electrons. The number of aromatic nitrogens is 2. The van der Waals surface area contributed by atoms with Crippen LogP contribution >= 0.6 is 0 Å². The largest absolute Gasteiger partial charge is 0.471 e. The number of amides is 2. The predicted octanol–water partition coefficient (Wildman–Crippen LogP) is 4.51. The summed E-state index contributed by atoms with van der Waals surface area (Å²) in [5.41, 5.74) is 0.283. The Labute approximate surface area is 273 Å². The number of pyridine rings is 2. The van der Waals surface area contributed by atoms with Gasteiger partial charge in [-0.2, -0.15) is 13.2 Å². The molecule has 2 atom stereocenters. The highest BCUT2D eigenvalue weighted by Crippen LogP contribution is 2.46. The van der Waals surface area contributed by atoms with E-state index >= 15 is 4.39 Å². The van der Waals surface area contributed by atoms with Crippen LogP contribution in [-0.2, 0) is 50.7 Å². The molecule has 2 aromatic carbocycles. The van der Waals surface area contributed by atoms with Crippen molar-refractivity contribution in [2.45, 2.75) is 70.5 Å². The lowest BCUT2D eigenvalue weighted by atomic mass is 9.81. The second-order valence-electron chi connectivity index (χ2n) is 12.4. The van der Waals surface area contributed by atoms with Gasteiger partial charge in [-0.25, -0.2) is 18.6 Å². The van der Waals surface area contributed by atoms with Crippen LogP contribution in [0.15, 0.2) is 35.1 Å². The van der Waals surface area contributed by atoms with E-state index in [1.165, 1.54) is 16.7 Å². The molecule has 2 aromatic heterocycles. The number of nitrogens with zero attached hydrogens (tertiary/aromatic N) is 2. The van der Waals surface area contributed by atoms with Crippen molar-refractivity contribution in [3.63, 3.8) is 0 Å². The van der Waals surface area contributed by atoms with Gasteiger partial charge in [0.25, 0.3) is 5.56 Å². The van der Waals surface area contributed by atoms with Crippen LogP contribution in [0, 0.1) is 18.6 Å². The Morgan fingerprint density at radius 1 is 1.10 bits per heavy atom. The highest BCUT2D eigenvalue weighted by molar-refractivity contribution is 5.95. The highest BCUT2D eigenvalue weighted by atomic mass is 19.4. The summed E-state index contributed by atoms with van der Waals surface area (Å²) in [4.78, 5) is 55.7. The third-order valence-electron chi connectivity index (χ3n) is 9.63. The van der Waals surface area contributed by atoms with E-state index in [0.29, 0.717) is 57.9 Å². The third-order valence-corrected chi connectivity index (χ3v) is 9.63. The van der Waals surface area contributed by atoms with Crippen LogP contribution < -0.4 is 16.2 Å². The molecule has 4 heterocycles. The number of aliphatic hydroxyl groups is 1. The van der Waals surface area contributed by atoms with Crippen LogP contribution in [0.5, 0.6) is 0 Å². The molecular weight excluding hydrogens is 655 g/mol. The first-order valence-corrected chi connectivity index (χ1v) is 15.4. The number of hydrogen-bond donors (Lipinski definition) is 3. The zero-order valence-corrected chi connectivity index (χ0v) is 26.0. The number of rotatable bonds is 5. The predicted molar refractivity (Wildman–Crippen MR) is 163 cm³/mol. The van der Waals surface area contributed by atoms with Crippen molar-refractivity contribution in [1.29, 1.82) is 0 Å². The van der Waals surface area contributed by atoms with Gasteiger partial charge in [0.05, 0.1) is 41.5 Å². The monoisotopic (exact) mass is 682 g/mol. The molecule has 0 fully saturated rings. The van der Waals surface area contributed by atoms with E-state index in [-0.39, 0.29) is 41.8 Å². The number of alkyl halides is 3. The van der Waals surface area contributed by atoms with Crippen molar-refractivity contribution >= 4 is 34.4 Å². The number of ether oxygens (including phenoxy) is 1. The number of esters is 1. The second-order valence-corrected chi connectivity index (χ2v) is 12.4.